The van der Waals surface area contributed by atoms with Crippen LogP contribution in [0.1, 0.15) is 10.4 Å². The van der Waals surface area contributed by atoms with Crippen LogP contribution in [0.15, 0.2) is 69.9 Å². The van der Waals surface area contributed by atoms with Gasteiger partial charge < -0.3 is 14.1 Å². The number of hydrogen-bond acceptors (Lipinski definition) is 6. The first kappa shape index (κ1) is 18.9. The van der Waals surface area contributed by atoms with Crippen LogP contribution >= 0.6 is 11.3 Å². The van der Waals surface area contributed by atoms with Crippen molar-refractivity contribution >= 4 is 49.2 Å². The molecule has 0 unspecified atom stereocenters. The quantitative estimate of drug-likeness (QED) is 0.299. The fraction of sp³-hybridized carbons (Fsp3) is 0.125. The largest absolute Gasteiger partial charge is 0.463 e. The molecular formula is C24H15FN2O4S. The number of thiazole rings is 1. The van der Waals surface area contributed by atoms with Crippen LogP contribution in [0.5, 0.6) is 5.19 Å². The highest BCUT2D eigenvalue weighted by atomic mass is 32.1. The zero-order valence-electron chi connectivity index (χ0n) is 16.6. The Morgan fingerprint density at radius 3 is 2.78 bits per heavy atom. The molecule has 0 radical (unpaired) electrons. The van der Waals surface area contributed by atoms with Gasteiger partial charge in [0.15, 0.2) is 0 Å². The summed E-state index contributed by atoms with van der Waals surface area (Å²) in [6.45, 7) is 0.620. The molecular weight excluding hydrogens is 431 g/mol. The van der Waals surface area contributed by atoms with Crippen molar-refractivity contribution in [3.63, 3.8) is 0 Å². The summed E-state index contributed by atoms with van der Waals surface area (Å²) in [5.74, 6) is -0.793. The number of halogens is 1. The van der Waals surface area contributed by atoms with E-state index in [9.17, 15) is 14.0 Å². The molecule has 0 bridgehead atoms. The van der Waals surface area contributed by atoms with Gasteiger partial charge in [0.05, 0.1) is 17.8 Å². The Labute approximate surface area is 184 Å². The highest BCUT2D eigenvalue weighted by Gasteiger charge is 2.35. The lowest BCUT2D eigenvalue weighted by molar-refractivity contribution is 0.0175. The smallest absolute Gasteiger partial charge is 0.349 e. The number of likely N-dealkylation sites (tertiary alicyclic amines) is 1. The van der Waals surface area contributed by atoms with Crippen LogP contribution < -0.4 is 10.4 Å². The molecule has 1 aliphatic rings. The van der Waals surface area contributed by atoms with Gasteiger partial charge in [0.1, 0.15) is 28.6 Å². The summed E-state index contributed by atoms with van der Waals surface area (Å²) in [6, 6.07) is 17.7. The summed E-state index contributed by atoms with van der Waals surface area (Å²) in [5.41, 5.74) is 0.0528. The van der Waals surface area contributed by atoms with E-state index in [0.717, 1.165) is 16.2 Å². The zero-order chi connectivity index (χ0) is 21.8. The topological polar surface area (TPSA) is 72.6 Å². The van der Waals surface area contributed by atoms with Crippen LogP contribution in [-0.4, -0.2) is 35.0 Å². The van der Waals surface area contributed by atoms with Crippen molar-refractivity contribution in [3.05, 3.63) is 82.5 Å². The van der Waals surface area contributed by atoms with Crippen LogP contribution in [0.3, 0.4) is 0 Å². The van der Waals surface area contributed by atoms with Gasteiger partial charge in [-0.2, -0.15) is 4.98 Å². The third-order valence-corrected chi connectivity index (χ3v) is 6.54. The summed E-state index contributed by atoms with van der Waals surface area (Å²) in [5, 5.41) is 2.99. The van der Waals surface area contributed by atoms with Crippen molar-refractivity contribution in [2.24, 2.45) is 0 Å². The molecule has 1 saturated heterocycles. The SMILES string of the molecule is O=C(c1cc2c(ccc3ccccc32)oc1=O)N1CC(Oc2nc3c(F)cccc3s2)C1. The van der Waals surface area contributed by atoms with Crippen molar-refractivity contribution in [1.82, 2.24) is 9.88 Å². The maximum Gasteiger partial charge on any atom is 0.349 e. The van der Waals surface area contributed by atoms with Crippen LogP contribution in [0, 0.1) is 5.82 Å². The Bertz CT molecular complexity index is 1590. The molecule has 0 N–H and O–H groups in total. The molecule has 8 heteroatoms. The Hall–Kier alpha value is -3.78. The van der Waals surface area contributed by atoms with E-state index in [1.807, 2.05) is 30.3 Å². The molecule has 1 aliphatic heterocycles. The van der Waals surface area contributed by atoms with E-state index in [2.05, 4.69) is 4.98 Å². The van der Waals surface area contributed by atoms with Crippen LogP contribution in [-0.2, 0) is 0 Å². The van der Waals surface area contributed by atoms with E-state index in [0.29, 0.717) is 28.6 Å². The van der Waals surface area contributed by atoms with Gasteiger partial charge in [-0.05, 0) is 35.0 Å². The van der Waals surface area contributed by atoms with E-state index in [1.165, 1.54) is 22.3 Å². The van der Waals surface area contributed by atoms with Gasteiger partial charge in [0.25, 0.3) is 11.1 Å². The third kappa shape index (κ3) is 3.03. The van der Waals surface area contributed by atoms with Crippen LogP contribution in [0.25, 0.3) is 32.0 Å². The van der Waals surface area contributed by atoms with Gasteiger partial charge in [-0.1, -0.05) is 47.7 Å². The number of aromatic nitrogens is 1. The van der Waals surface area contributed by atoms with Crippen molar-refractivity contribution in [1.29, 1.82) is 0 Å². The molecule has 3 heterocycles. The molecule has 32 heavy (non-hydrogen) atoms. The lowest BCUT2D eigenvalue weighted by atomic mass is 10.0. The standard InChI is InChI=1S/C24H15FN2O4S/c25-18-6-3-7-20-21(18)26-24(32-20)30-14-11-27(12-14)22(28)17-10-16-15-5-2-1-4-13(15)8-9-19(16)31-23(17)29/h1-10,14H,11-12H2. The fourth-order valence-electron chi connectivity index (χ4n) is 3.96. The molecule has 2 aromatic heterocycles. The monoisotopic (exact) mass is 446 g/mol. The van der Waals surface area contributed by atoms with Gasteiger partial charge in [0, 0.05) is 5.39 Å². The minimum Gasteiger partial charge on any atom is -0.463 e. The van der Waals surface area contributed by atoms with E-state index in [-0.39, 0.29) is 17.2 Å². The maximum atomic E-state index is 13.8. The Morgan fingerprint density at radius 1 is 1.09 bits per heavy atom. The average molecular weight is 446 g/mol. The second kappa shape index (κ2) is 7.13. The Morgan fingerprint density at radius 2 is 1.94 bits per heavy atom. The molecule has 6 nitrogen and oxygen atoms in total. The first-order valence-electron chi connectivity index (χ1n) is 10.0. The minimum atomic E-state index is -0.663. The summed E-state index contributed by atoms with van der Waals surface area (Å²) in [6.07, 6.45) is -0.268. The van der Waals surface area contributed by atoms with Crippen molar-refractivity contribution in [2.75, 3.05) is 13.1 Å². The van der Waals surface area contributed by atoms with Crippen molar-refractivity contribution in [3.8, 4) is 5.19 Å². The molecule has 0 aliphatic carbocycles. The minimum absolute atomic E-state index is 0.00522. The number of carbonyl (C=O) groups excluding carboxylic acids is 1. The number of para-hydroxylation sites is 1. The predicted octanol–water partition coefficient (Wildman–Crippen LogP) is 4.60. The molecule has 0 atom stereocenters. The number of fused-ring (bicyclic) bond motifs is 4. The first-order chi connectivity index (χ1) is 15.6. The number of carbonyl (C=O) groups is 1. The van der Waals surface area contributed by atoms with E-state index < -0.39 is 17.3 Å². The summed E-state index contributed by atoms with van der Waals surface area (Å²) in [7, 11) is 0. The van der Waals surface area contributed by atoms with E-state index in [1.54, 1.807) is 24.3 Å². The number of nitrogens with zero attached hydrogens (tertiary/aromatic N) is 2. The van der Waals surface area contributed by atoms with Crippen molar-refractivity contribution < 1.29 is 18.3 Å². The molecule has 1 amide bonds. The Balaban J connectivity index is 1.23. The van der Waals surface area contributed by atoms with Gasteiger partial charge in [-0.3, -0.25) is 4.79 Å². The van der Waals surface area contributed by atoms with E-state index >= 15 is 0 Å². The molecule has 3 aromatic carbocycles. The zero-order valence-corrected chi connectivity index (χ0v) is 17.4. The van der Waals surface area contributed by atoms with Gasteiger partial charge in [-0.25, -0.2) is 9.18 Å². The molecule has 158 valence electrons. The number of hydrogen-bond donors (Lipinski definition) is 0. The number of benzene rings is 3. The van der Waals surface area contributed by atoms with Gasteiger partial charge in [0.2, 0.25) is 0 Å². The molecule has 0 saturated carbocycles. The number of ether oxygens (including phenoxy) is 1. The average Bonchev–Trinajstić information content (AvgIpc) is 3.19. The lowest BCUT2D eigenvalue weighted by Gasteiger charge is -2.38. The summed E-state index contributed by atoms with van der Waals surface area (Å²) >= 11 is 1.26. The molecule has 5 aromatic rings. The van der Waals surface area contributed by atoms with Crippen LogP contribution in [0.4, 0.5) is 4.39 Å². The number of rotatable bonds is 3. The third-order valence-electron chi connectivity index (χ3n) is 5.63. The molecule has 1 fully saturated rings. The highest BCUT2D eigenvalue weighted by Crippen LogP contribution is 2.31. The predicted molar refractivity (Wildman–Crippen MR) is 120 cm³/mol. The normalized spacial score (nSPS) is 14.2. The van der Waals surface area contributed by atoms with Crippen molar-refractivity contribution in [2.45, 2.75) is 6.10 Å². The second-order valence-corrected chi connectivity index (χ2v) is 8.66. The first-order valence-corrected chi connectivity index (χ1v) is 10.8. The highest BCUT2D eigenvalue weighted by molar-refractivity contribution is 7.20. The summed E-state index contributed by atoms with van der Waals surface area (Å²) in [4.78, 5) is 31.2. The second-order valence-electron chi connectivity index (χ2n) is 7.66. The van der Waals surface area contributed by atoms with E-state index in [4.69, 9.17) is 9.15 Å². The lowest BCUT2D eigenvalue weighted by Crippen LogP contribution is -2.56. The molecule has 6 rings (SSSR count). The number of amides is 1. The van der Waals surface area contributed by atoms with Gasteiger partial charge >= 0.3 is 5.63 Å². The summed E-state index contributed by atoms with van der Waals surface area (Å²) < 4.78 is 25.8. The molecule has 0 spiro atoms. The fourth-order valence-corrected chi connectivity index (χ4v) is 4.85. The van der Waals surface area contributed by atoms with Gasteiger partial charge in [-0.15, -0.1) is 0 Å². The maximum absolute atomic E-state index is 13.8. The van der Waals surface area contributed by atoms with Crippen LogP contribution in [0.2, 0.25) is 0 Å². The Kier molecular flexibility index (Phi) is 4.22.